The molecule has 0 aromatic carbocycles. The van der Waals surface area contributed by atoms with Gasteiger partial charge in [0.15, 0.2) is 36.3 Å². The second-order valence-electron chi connectivity index (χ2n) is 11.7. The van der Waals surface area contributed by atoms with Crippen LogP contribution in [-0.2, 0) is 66.9 Å². The number of carbonyl (C=O) groups excluding carboxylic acids is 5. The summed E-state index contributed by atoms with van der Waals surface area (Å²) in [6.07, 6.45) is -5.70. The lowest BCUT2D eigenvalue weighted by atomic mass is 9.59. The van der Waals surface area contributed by atoms with Crippen molar-refractivity contribution in [2.75, 3.05) is 7.11 Å². The fourth-order valence-electron chi connectivity index (χ4n) is 6.84. The zero-order chi connectivity index (χ0) is 31.0. The van der Waals surface area contributed by atoms with Crippen molar-refractivity contribution in [1.82, 2.24) is 0 Å². The standard InChI is InChI=1S/C28H40O14/c1-13-8-9-18(14(2)12-29)28-19(13)10-11-27(6,41-42-28)40-26(28)39-25-23(37-17(5)32)21(36-16(4)31)20(35-15(3)30)22(38-25)24(33)34-7/h12-14,18-23,25-26H,8-11H2,1-7H3/t13-,14+,18+,19+,20+,21+,22+,23-,25+,26-,27-,28+/m1/s1. The van der Waals surface area contributed by atoms with Crippen LogP contribution in [0.1, 0.15) is 67.2 Å². The summed E-state index contributed by atoms with van der Waals surface area (Å²) in [7, 11) is 1.10. The molecule has 0 aromatic rings. The summed E-state index contributed by atoms with van der Waals surface area (Å²) in [4.78, 5) is 73.4. The molecule has 4 aliphatic heterocycles. The minimum absolute atomic E-state index is 0.139. The van der Waals surface area contributed by atoms with Gasteiger partial charge in [0.1, 0.15) is 6.29 Å². The van der Waals surface area contributed by atoms with E-state index in [1.54, 1.807) is 13.8 Å². The third-order valence-electron chi connectivity index (χ3n) is 8.72. The molecule has 4 saturated heterocycles. The normalized spacial score (nSPS) is 41.8. The van der Waals surface area contributed by atoms with Crippen LogP contribution in [0.15, 0.2) is 0 Å². The maximum absolute atomic E-state index is 12.9. The van der Waals surface area contributed by atoms with Crippen molar-refractivity contribution in [3.63, 3.8) is 0 Å². The summed E-state index contributed by atoms with van der Waals surface area (Å²) in [6.45, 7) is 8.88. The Morgan fingerprint density at radius 2 is 1.52 bits per heavy atom. The van der Waals surface area contributed by atoms with E-state index in [-0.39, 0.29) is 11.8 Å². The molecule has 12 atom stereocenters. The molecule has 0 N–H and O–H groups in total. The first kappa shape index (κ1) is 32.3. The van der Waals surface area contributed by atoms with Crippen LogP contribution in [0.3, 0.4) is 0 Å². The lowest BCUT2D eigenvalue weighted by molar-refractivity contribution is -0.566. The van der Waals surface area contributed by atoms with Gasteiger partial charge in [-0.05, 0) is 38.0 Å². The summed E-state index contributed by atoms with van der Waals surface area (Å²) >= 11 is 0. The molecule has 42 heavy (non-hydrogen) atoms. The highest BCUT2D eigenvalue weighted by molar-refractivity contribution is 5.77. The Morgan fingerprint density at radius 3 is 2.12 bits per heavy atom. The third kappa shape index (κ3) is 6.05. The Kier molecular flexibility index (Phi) is 9.62. The molecule has 1 aliphatic carbocycles. The van der Waals surface area contributed by atoms with Gasteiger partial charge in [0, 0.05) is 39.0 Å². The number of fused-ring (bicyclic) bond motifs is 3. The summed E-state index contributed by atoms with van der Waals surface area (Å²) in [6, 6.07) is 0. The van der Waals surface area contributed by atoms with Gasteiger partial charge >= 0.3 is 23.9 Å². The van der Waals surface area contributed by atoms with Crippen molar-refractivity contribution < 1.29 is 66.9 Å². The van der Waals surface area contributed by atoms with Gasteiger partial charge in [0.05, 0.1) is 7.11 Å². The van der Waals surface area contributed by atoms with Crippen molar-refractivity contribution in [2.45, 2.75) is 116 Å². The van der Waals surface area contributed by atoms with Gasteiger partial charge in [0.25, 0.3) is 0 Å². The second kappa shape index (κ2) is 12.5. The Balaban J connectivity index is 1.81. The first-order chi connectivity index (χ1) is 19.8. The van der Waals surface area contributed by atoms with Gasteiger partial charge in [-0.2, -0.15) is 0 Å². The molecule has 1 spiro atoms. The summed E-state index contributed by atoms with van der Waals surface area (Å²) in [5, 5.41) is 0. The van der Waals surface area contributed by atoms with E-state index in [2.05, 4.69) is 6.92 Å². The fraction of sp³-hybridized carbons (Fsp3) is 0.821. The van der Waals surface area contributed by atoms with Crippen molar-refractivity contribution in [2.24, 2.45) is 23.7 Å². The third-order valence-corrected chi connectivity index (χ3v) is 8.72. The van der Waals surface area contributed by atoms with Crippen molar-refractivity contribution >= 4 is 30.2 Å². The quantitative estimate of drug-likeness (QED) is 0.171. The Morgan fingerprint density at radius 1 is 0.905 bits per heavy atom. The number of rotatable bonds is 8. The summed E-state index contributed by atoms with van der Waals surface area (Å²) < 4.78 is 40.1. The van der Waals surface area contributed by atoms with Gasteiger partial charge in [-0.3, -0.25) is 14.4 Å². The SMILES string of the molecule is COC(=O)[C@H]1O[C@@H](O[C@@H]2O[C@@]3(C)CC[C@H]4[C@H](C)CC[C@@H]([C@@H](C)C=O)[C@@]24OO3)[C@H](OC(C)=O)[C@@H](OC(C)=O)[C@@H]1OC(C)=O. The maximum atomic E-state index is 12.9. The molecule has 5 fully saturated rings. The highest BCUT2D eigenvalue weighted by Gasteiger charge is 2.68. The number of esters is 4. The van der Waals surface area contributed by atoms with Crippen LogP contribution in [0.2, 0.25) is 0 Å². The monoisotopic (exact) mass is 600 g/mol. The van der Waals surface area contributed by atoms with E-state index >= 15 is 0 Å². The molecule has 14 heteroatoms. The minimum atomic E-state index is -1.64. The number of aldehydes is 1. The lowest BCUT2D eigenvalue weighted by Crippen LogP contribution is -2.69. The van der Waals surface area contributed by atoms with E-state index in [4.69, 9.17) is 42.9 Å². The molecule has 0 aromatic heterocycles. The van der Waals surface area contributed by atoms with Crippen LogP contribution < -0.4 is 0 Å². The summed E-state index contributed by atoms with van der Waals surface area (Å²) in [5.41, 5.74) is -1.29. The zero-order valence-corrected chi connectivity index (χ0v) is 24.9. The van der Waals surface area contributed by atoms with E-state index in [0.717, 1.165) is 40.6 Å². The number of ether oxygens (including phenoxy) is 7. The number of carbonyl (C=O) groups is 5. The molecule has 1 saturated carbocycles. The molecule has 236 valence electrons. The molecule has 14 nitrogen and oxygen atoms in total. The van der Waals surface area contributed by atoms with Crippen LogP contribution in [-0.4, -0.2) is 85.7 Å². The average Bonchev–Trinajstić information content (AvgIpc) is 3.15. The molecule has 5 aliphatic rings. The number of hydrogen-bond acceptors (Lipinski definition) is 14. The molecule has 2 bridgehead atoms. The fourth-order valence-corrected chi connectivity index (χ4v) is 6.84. The maximum Gasteiger partial charge on any atom is 0.339 e. The van der Waals surface area contributed by atoms with Crippen LogP contribution in [0, 0.1) is 23.7 Å². The van der Waals surface area contributed by atoms with Gasteiger partial charge in [-0.25, -0.2) is 14.6 Å². The van der Waals surface area contributed by atoms with E-state index in [1.807, 2.05) is 0 Å². The van der Waals surface area contributed by atoms with Crippen molar-refractivity contribution in [3.05, 3.63) is 0 Å². The Hall–Kier alpha value is -2.65. The van der Waals surface area contributed by atoms with Gasteiger partial charge in [-0.1, -0.05) is 13.8 Å². The molecule has 0 amide bonds. The van der Waals surface area contributed by atoms with Crippen molar-refractivity contribution in [3.8, 4) is 0 Å². The molecule has 0 unspecified atom stereocenters. The van der Waals surface area contributed by atoms with Gasteiger partial charge in [-0.15, -0.1) is 0 Å². The van der Waals surface area contributed by atoms with E-state index in [0.29, 0.717) is 19.3 Å². The van der Waals surface area contributed by atoms with Crippen LogP contribution in [0.4, 0.5) is 0 Å². The highest BCUT2D eigenvalue weighted by atomic mass is 17.3. The van der Waals surface area contributed by atoms with Gasteiger partial charge in [0.2, 0.25) is 12.1 Å². The highest BCUT2D eigenvalue weighted by Crippen LogP contribution is 2.58. The predicted octanol–water partition coefficient (Wildman–Crippen LogP) is 1.75. The zero-order valence-electron chi connectivity index (χ0n) is 24.9. The lowest BCUT2D eigenvalue weighted by Gasteiger charge is -2.56. The predicted molar refractivity (Wildman–Crippen MR) is 136 cm³/mol. The van der Waals surface area contributed by atoms with E-state index in [1.165, 1.54) is 0 Å². The largest absolute Gasteiger partial charge is 0.467 e. The Labute approximate surface area is 243 Å². The molecule has 5 rings (SSSR count). The van der Waals surface area contributed by atoms with Crippen LogP contribution in [0.25, 0.3) is 0 Å². The first-order valence-corrected chi connectivity index (χ1v) is 14.2. The Bertz CT molecular complexity index is 1060. The molecule has 4 heterocycles. The average molecular weight is 601 g/mol. The molecular formula is C28H40O14. The minimum Gasteiger partial charge on any atom is -0.467 e. The number of hydrogen-bond donors (Lipinski definition) is 0. The van der Waals surface area contributed by atoms with Crippen LogP contribution in [0.5, 0.6) is 0 Å². The smallest absolute Gasteiger partial charge is 0.339 e. The van der Waals surface area contributed by atoms with Gasteiger partial charge < -0.3 is 38.0 Å². The summed E-state index contributed by atoms with van der Waals surface area (Å²) in [5.74, 6) is -5.51. The topological polar surface area (TPSA) is 168 Å². The number of methoxy groups -OCH3 is 1. The molecular weight excluding hydrogens is 560 g/mol. The van der Waals surface area contributed by atoms with Crippen LogP contribution >= 0.6 is 0 Å². The van der Waals surface area contributed by atoms with Crippen molar-refractivity contribution in [1.29, 1.82) is 0 Å². The van der Waals surface area contributed by atoms with E-state index < -0.39 is 84.1 Å². The second-order valence-corrected chi connectivity index (χ2v) is 11.7. The van der Waals surface area contributed by atoms with E-state index in [9.17, 15) is 24.0 Å². The molecule has 0 radical (unpaired) electrons. The first-order valence-electron chi connectivity index (χ1n) is 14.2.